The van der Waals surface area contributed by atoms with Gasteiger partial charge in [0.2, 0.25) is 5.96 Å². The molecule has 0 aliphatic rings. The van der Waals surface area contributed by atoms with Crippen LogP contribution in [0.3, 0.4) is 0 Å². The quantitative estimate of drug-likeness (QED) is 0.566. The number of carbonyl (C=O) groups excluding carboxylic acids is 1. The number of nitrogens with two attached hydrogens (primary N) is 1. The van der Waals surface area contributed by atoms with Gasteiger partial charge in [0, 0.05) is 7.05 Å². The van der Waals surface area contributed by atoms with Gasteiger partial charge in [0.15, 0.2) is 0 Å². The fraction of sp³-hybridized carbons (Fsp3) is 0.333. The predicted octanol–water partition coefficient (Wildman–Crippen LogP) is 1.82. The molecule has 0 aliphatic heterocycles. The lowest BCUT2D eigenvalue weighted by Gasteiger charge is -2.23. The van der Waals surface area contributed by atoms with Crippen molar-refractivity contribution in [3.05, 3.63) is 29.6 Å². The van der Waals surface area contributed by atoms with Crippen LogP contribution in [-0.2, 0) is 6.42 Å². The first-order chi connectivity index (χ1) is 8.52. The summed E-state index contributed by atoms with van der Waals surface area (Å²) in [6.07, 6.45) is 1.41. The number of hydrogen-bond acceptors (Lipinski definition) is 2. The minimum Gasteiger partial charge on any atom is -0.369 e. The number of benzene rings is 1. The van der Waals surface area contributed by atoms with E-state index < -0.39 is 17.8 Å². The van der Waals surface area contributed by atoms with Crippen LogP contribution in [0.25, 0.3) is 0 Å². The van der Waals surface area contributed by atoms with Crippen LogP contribution in [0.5, 0.6) is 0 Å². The number of hydrogen-bond donors (Lipinski definition) is 3. The number of para-hydroxylation sites is 1. The molecule has 2 amide bonds. The van der Waals surface area contributed by atoms with Gasteiger partial charge in [0.1, 0.15) is 5.82 Å². The Morgan fingerprint density at radius 3 is 2.72 bits per heavy atom. The smallest absolute Gasteiger partial charge is 0.328 e. The Balaban J connectivity index is 3.34. The van der Waals surface area contributed by atoms with Gasteiger partial charge in [-0.1, -0.05) is 25.5 Å². The second-order valence-corrected chi connectivity index (χ2v) is 3.77. The Morgan fingerprint density at radius 1 is 1.56 bits per heavy atom. The number of nitrogens with zero attached hydrogens (tertiary/aromatic N) is 1. The molecular formula is C12H17FN4O. The summed E-state index contributed by atoms with van der Waals surface area (Å²) in [5.41, 5.74) is 6.06. The molecule has 0 aliphatic carbocycles. The SMILES string of the molecule is CCCc1cccc(F)c1N(C(=N)N)C(=O)NC. The highest BCUT2D eigenvalue weighted by Crippen LogP contribution is 2.25. The number of urea groups is 1. The molecule has 1 aromatic carbocycles. The second-order valence-electron chi connectivity index (χ2n) is 3.77. The Bertz CT molecular complexity index is 461. The molecule has 0 heterocycles. The molecule has 0 unspecified atom stereocenters. The molecule has 98 valence electrons. The molecule has 5 nitrogen and oxygen atoms in total. The minimum absolute atomic E-state index is 0.0474. The Hall–Kier alpha value is -2.11. The number of guanidine groups is 1. The van der Waals surface area contributed by atoms with Crippen molar-refractivity contribution in [2.24, 2.45) is 5.73 Å². The van der Waals surface area contributed by atoms with Gasteiger partial charge in [-0.15, -0.1) is 0 Å². The van der Waals surface area contributed by atoms with Crippen LogP contribution in [0.2, 0.25) is 0 Å². The van der Waals surface area contributed by atoms with Crippen molar-refractivity contribution in [2.45, 2.75) is 19.8 Å². The molecule has 0 fully saturated rings. The van der Waals surface area contributed by atoms with Crippen LogP contribution in [0, 0.1) is 11.2 Å². The predicted molar refractivity (Wildman–Crippen MR) is 69.2 cm³/mol. The van der Waals surface area contributed by atoms with Crippen molar-refractivity contribution in [1.29, 1.82) is 5.41 Å². The summed E-state index contributed by atoms with van der Waals surface area (Å²) in [5, 5.41) is 9.77. The normalized spacial score (nSPS) is 9.94. The van der Waals surface area contributed by atoms with Gasteiger partial charge in [-0.05, 0) is 18.1 Å². The molecular weight excluding hydrogens is 235 g/mol. The first-order valence-corrected chi connectivity index (χ1v) is 5.66. The maximum absolute atomic E-state index is 13.9. The molecule has 4 N–H and O–H groups in total. The summed E-state index contributed by atoms with van der Waals surface area (Å²) >= 11 is 0. The molecule has 0 saturated heterocycles. The number of rotatable bonds is 3. The third-order valence-electron chi connectivity index (χ3n) is 2.47. The van der Waals surface area contributed by atoms with Crippen molar-refractivity contribution in [2.75, 3.05) is 11.9 Å². The van der Waals surface area contributed by atoms with E-state index in [9.17, 15) is 9.18 Å². The zero-order chi connectivity index (χ0) is 13.7. The van der Waals surface area contributed by atoms with Crippen LogP contribution in [0.15, 0.2) is 18.2 Å². The van der Waals surface area contributed by atoms with Gasteiger partial charge >= 0.3 is 6.03 Å². The fourth-order valence-electron chi connectivity index (χ4n) is 1.72. The fourth-order valence-corrected chi connectivity index (χ4v) is 1.72. The second kappa shape index (κ2) is 6.00. The lowest BCUT2D eigenvalue weighted by molar-refractivity contribution is 0.250. The molecule has 0 saturated carbocycles. The lowest BCUT2D eigenvalue weighted by atomic mass is 10.1. The lowest BCUT2D eigenvalue weighted by Crippen LogP contribution is -2.47. The summed E-state index contributed by atoms with van der Waals surface area (Å²) in [5.74, 6) is -1.09. The molecule has 0 spiro atoms. The number of aryl methyl sites for hydroxylation is 1. The monoisotopic (exact) mass is 252 g/mol. The molecule has 0 radical (unpaired) electrons. The summed E-state index contributed by atoms with van der Waals surface area (Å²) in [7, 11) is 1.40. The van der Waals surface area contributed by atoms with E-state index in [1.54, 1.807) is 12.1 Å². The third kappa shape index (κ3) is 2.77. The van der Waals surface area contributed by atoms with Crippen molar-refractivity contribution >= 4 is 17.7 Å². The van der Waals surface area contributed by atoms with Gasteiger partial charge in [0.25, 0.3) is 0 Å². The molecule has 6 heteroatoms. The van der Waals surface area contributed by atoms with E-state index in [1.165, 1.54) is 13.1 Å². The van der Waals surface area contributed by atoms with Gasteiger partial charge in [-0.25, -0.2) is 14.1 Å². The minimum atomic E-state index is -0.634. The largest absolute Gasteiger partial charge is 0.369 e. The van der Waals surface area contributed by atoms with Gasteiger partial charge in [-0.3, -0.25) is 5.41 Å². The Morgan fingerprint density at radius 2 is 2.22 bits per heavy atom. The standard InChI is InChI=1S/C12H17FN4O/c1-3-5-8-6-4-7-9(13)10(8)17(11(14)15)12(18)16-2/h4,6-7H,3,5H2,1-2H3,(H3,14,15)(H,16,18). The van der Waals surface area contributed by atoms with Gasteiger partial charge in [-0.2, -0.15) is 0 Å². The molecule has 0 bridgehead atoms. The number of carbonyl (C=O) groups is 1. The molecule has 0 atom stereocenters. The van der Waals surface area contributed by atoms with E-state index in [4.69, 9.17) is 11.1 Å². The van der Waals surface area contributed by atoms with Crippen molar-refractivity contribution in [3.8, 4) is 0 Å². The first kappa shape index (κ1) is 14.0. The Labute approximate surface area is 105 Å². The zero-order valence-corrected chi connectivity index (χ0v) is 10.5. The van der Waals surface area contributed by atoms with E-state index in [0.29, 0.717) is 12.0 Å². The van der Waals surface area contributed by atoms with Crippen LogP contribution < -0.4 is 16.0 Å². The third-order valence-corrected chi connectivity index (χ3v) is 2.47. The van der Waals surface area contributed by atoms with Crippen LogP contribution in [0.1, 0.15) is 18.9 Å². The maximum atomic E-state index is 13.9. The van der Waals surface area contributed by atoms with E-state index in [1.807, 2.05) is 6.92 Å². The number of halogens is 1. The number of anilines is 1. The van der Waals surface area contributed by atoms with E-state index in [2.05, 4.69) is 5.32 Å². The van der Waals surface area contributed by atoms with Crippen molar-refractivity contribution in [3.63, 3.8) is 0 Å². The summed E-state index contributed by atoms with van der Waals surface area (Å²) in [6, 6.07) is 3.91. The molecule has 0 aromatic heterocycles. The highest BCUT2D eigenvalue weighted by atomic mass is 19.1. The maximum Gasteiger partial charge on any atom is 0.328 e. The average Bonchev–Trinajstić information content (AvgIpc) is 2.32. The summed E-state index contributed by atoms with van der Waals surface area (Å²) < 4.78 is 13.9. The highest BCUT2D eigenvalue weighted by Gasteiger charge is 2.23. The summed E-state index contributed by atoms with van der Waals surface area (Å²) in [4.78, 5) is 12.5. The average molecular weight is 252 g/mol. The highest BCUT2D eigenvalue weighted by molar-refractivity contribution is 6.14. The van der Waals surface area contributed by atoms with E-state index >= 15 is 0 Å². The zero-order valence-electron chi connectivity index (χ0n) is 10.5. The topological polar surface area (TPSA) is 82.2 Å². The van der Waals surface area contributed by atoms with E-state index in [-0.39, 0.29) is 5.69 Å². The van der Waals surface area contributed by atoms with Gasteiger partial charge < -0.3 is 11.1 Å². The van der Waals surface area contributed by atoms with Crippen LogP contribution in [-0.4, -0.2) is 19.0 Å². The Kier molecular flexibility index (Phi) is 4.65. The number of amides is 2. The van der Waals surface area contributed by atoms with E-state index in [0.717, 1.165) is 11.3 Å². The van der Waals surface area contributed by atoms with Crippen molar-refractivity contribution < 1.29 is 9.18 Å². The van der Waals surface area contributed by atoms with Gasteiger partial charge in [0.05, 0.1) is 5.69 Å². The van der Waals surface area contributed by atoms with Crippen molar-refractivity contribution in [1.82, 2.24) is 5.32 Å². The molecule has 1 aromatic rings. The van der Waals surface area contributed by atoms with Crippen LogP contribution >= 0.6 is 0 Å². The summed E-state index contributed by atoms with van der Waals surface area (Å²) in [6.45, 7) is 1.95. The molecule has 1 rings (SSSR count). The molecule has 18 heavy (non-hydrogen) atoms. The van der Waals surface area contributed by atoms with Crippen LogP contribution in [0.4, 0.5) is 14.9 Å². The number of nitrogens with one attached hydrogen (secondary N) is 2. The first-order valence-electron chi connectivity index (χ1n) is 5.66.